The van der Waals surface area contributed by atoms with Crippen LogP contribution in [0, 0.1) is 0 Å². The Kier molecular flexibility index (Phi) is 2.69. The van der Waals surface area contributed by atoms with E-state index in [1.54, 1.807) is 6.08 Å². The summed E-state index contributed by atoms with van der Waals surface area (Å²) in [5, 5.41) is 0. The van der Waals surface area contributed by atoms with Crippen molar-refractivity contribution in [2.75, 3.05) is 6.54 Å². The maximum absolute atomic E-state index is 11.3. The first-order chi connectivity index (χ1) is 5.25. The van der Waals surface area contributed by atoms with E-state index in [4.69, 9.17) is 0 Å². The lowest BCUT2D eigenvalue weighted by atomic mass is 10.0. The number of hydrogen-bond acceptors (Lipinski definition) is 1. The van der Waals surface area contributed by atoms with Crippen molar-refractivity contribution in [3.8, 4) is 0 Å². The van der Waals surface area contributed by atoms with Crippen LogP contribution in [0.15, 0.2) is 12.7 Å². The van der Waals surface area contributed by atoms with E-state index in [0.717, 1.165) is 19.3 Å². The predicted molar refractivity (Wildman–Crippen MR) is 45.2 cm³/mol. The van der Waals surface area contributed by atoms with Gasteiger partial charge in [0.05, 0.1) is 0 Å². The maximum atomic E-state index is 11.3. The summed E-state index contributed by atoms with van der Waals surface area (Å²) in [6, 6.07) is 0.411. The molecule has 1 aliphatic heterocycles. The summed E-state index contributed by atoms with van der Waals surface area (Å²) in [4.78, 5) is 13.2. The van der Waals surface area contributed by atoms with Gasteiger partial charge in [-0.1, -0.05) is 6.08 Å². The van der Waals surface area contributed by atoms with Gasteiger partial charge in [-0.2, -0.15) is 0 Å². The monoisotopic (exact) mass is 153 g/mol. The second kappa shape index (κ2) is 3.56. The zero-order valence-corrected chi connectivity index (χ0v) is 7.05. The molecule has 0 aromatic carbocycles. The van der Waals surface area contributed by atoms with Crippen LogP contribution in [0.1, 0.15) is 26.2 Å². The molecule has 62 valence electrons. The van der Waals surface area contributed by atoms with Gasteiger partial charge in [-0.15, -0.1) is 6.58 Å². The molecule has 0 aromatic rings. The maximum Gasteiger partial charge on any atom is 0.223 e. The number of nitrogens with zero attached hydrogens (tertiary/aromatic N) is 1. The molecule has 1 rings (SSSR count). The number of likely N-dealkylation sites (tertiary alicyclic amines) is 1. The predicted octanol–water partition coefficient (Wildman–Crippen LogP) is 1.57. The van der Waals surface area contributed by atoms with Crippen LogP contribution in [-0.2, 0) is 4.79 Å². The van der Waals surface area contributed by atoms with Crippen LogP contribution in [0.4, 0.5) is 0 Å². The second-order valence-corrected chi connectivity index (χ2v) is 3.08. The van der Waals surface area contributed by atoms with Crippen molar-refractivity contribution in [2.24, 2.45) is 0 Å². The average Bonchev–Trinajstić information content (AvgIpc) is 1.97. The second-order valence-electron chi connectivity index (χ2n) is 3.08. The minimum Gasteiger partial charge on any atom is -0.336 e. The smallest absolute Gasteiger partial charge is 0.223 e. The lowest BCUT2D eigenvalue weighted by Gasteiger charge is -2.32. The highest BCUT2D eigenvalue weighted by molar-refractivity contribution is 5.77. The number of carbonyl (C=O) groups excluding carboxylic acids is 1. The first-order valence-electron chi connectivity index (χ1n) is 4.16. The molecule has 2 nitrogen and oxygen atoms in total. The molecule has 0 bridgehead atoms. The van der Waals surface area contributed by atoms with Crippen LogP contribution < -0.4 is 0 Å². The summed E-state index contributed by atoms with van der Waals surface area (Å²) in [6.45, 7) is 6.44. The number of amides is 1. The molecule has 0 aliphatic carbocycles. The van der Waals surface area contributed by atoms with E-state index in [-0.39, 0.29) is 5.91 Å². The minimum atomic E-state index is 0.281. The molecule has 0 radical (unpaired) electrons. The topological polar surface area (TPSA) is 20.3 Å². The minimum absolute atomic E-state index is 0.281. The average molecular weight is 153 g/mol. The van der Waals surface area contributed by atoms with Gasteiger partial charge < -0.3 is 4.90 Å². The summed E-state index contributed by atoms with van der Waals surface area (Å²) in [6.07, 6.45) is 4.70. The van der Waals surface area contributed by atoms with Crippen LogP contribution >= 0.6 is 0 Å². The molecule has 1 saturated heterocycles. The fourth-order valence-electron chi connectivity index (χ4n) is 1.51. The molecule has 1 aliphatic rings. The van der Waals surface area contributed by atoms with Crippen LogP contribution in [0.2, 0.25) is 0 Å². The van der Waals surface area contributed by atoms with Crippen LogP contribution in [-0.4, -0.2) is 23.4 Å². The Morgan fingerprint density at radius 3 is 3.09 bits per heavy atom. The van der Waals surface area contributed by atoms with Crippen LogP contribution in [0.5, 0.6) is 0 Å². The van der Waals surface area contributed by atoms with Crippen LogP contribution in [0.3, 0.4) is 0 Å². The van der Waals surface area contributed by atoms with Gasteiger partial charge in [0.15, 0.2) is 0 Å². The molecule has 1 heterocycles. The van der Waals surface area contributed by atoms with Gasteiger partial charge in [-0.3, -0.25) is 4.79 Å². The third kappa shape index (κ3) is 1.82. The van der Waals surface area contributed by atoms with Crippen molar-refractivity contribution in [3.63, 3.8) is 0 Å². The molecular formula is C9H15NO. The van der Waals surface area contributed by atoms with Crippen molar-refractivity contribution in [1.29, 1.82) is 0 Å². The standard InChI is InChI=1S/C9H15NO/c1-3-7-10-8(2)5-4-6-9(10)11/h3,8H,1,4-7H2,2H3/t8-/m1/s1. The van der Waals surface area contributed by atoms with Crippen molar-refractivity contribution in [1.82, 2.24) is 4.90 Å². The van der Waals surface area contributed by atoms with Crippen LogP contribution in [0.25, 0.3) is 0 Å². The van der Waals surface area contributed by atoms with E-state index in [9.17, 15) is 4.79 Å². The third-order valence-corrected chi connectivity index (χ3v) is 2.19. The van der Waals surface area contributed by atoms with Gasteiger partial charge in [0, 0.05) is 19.0 Å². The summed E-state index contributed by atoms with van der Waals surface area (Å²) in [5.74, 6) is 0.281. The molecule has 0 aromatic heterocycles. The van der Waals surface area contributed by atoms with Crippen molar-refractivity contribution >= 4 is 5.91 Å². The first-order valence-corrected chi connectivity index (χ1v) is 4.16. The molecule has 2 heteroatoms. The molecule has 0 unspecified atom stereocenters. The van der Waals surface area contributed by atoms with Crippen molar-refractivity contribution in [2.45, 2.75) is 32.2 Å². The van der Waals surface area contributed by atoms with Gasteiger partial charge in [0.1, 0.15) is 0 Å². The molecule has 1 fully saturated rings. The molecule has 0 spiro atoms. The van der Waals surface area contributed by atoms with E-state index >= 15 is 0 Å². The summed E-state index contributed by atoms with van der Waals surface area (Å²) >= 11 is 0. The van der Waals surface area contributed by atoms with Gasteiger partial charge in [-0.05, 0) is 19.8 Å². The van der Waals surface area contributed by atoms with Gasteiger partial charge in [0.2, 0.25) is 5.91 Å². The molecule has 11 heavy (non-hydrogen) atoms. The summed E-state index contributed by atoms with van der Waals surface area (Å²) in [7, 11) is 0. The first kappa shape index (κ1) is 8.31. The SMILES string of the molecule is C=CCN1C(=O)CCC[C@H]1C. The zero-order valence-electron chi connectivity index (χ0n) is 7.05. The Morgan fingerprint density at radius 1 is 1.82 bits per heavy atom. The van der Waals surface area contributed by atoms with Gasteiger partial charge in [-0.25, -0.2) is 0 Å². The van der Waals surface area contributed by atoms with E-state index < -0.39 is 0 Å². The lowest BCUT2D eigenvalue weighted by Crippen LogP contribution is -2.41. The lowest BCUT2D eigenvalue weighted by molar-refractivity contribution is -0.135. The Labute approximate surface area is 67.9 Å². The molecule has 1 amide bonds. The molecule has 0 saturated carbocycles. The zero-order chi connectivity index (χ0) is 8.27. The Balaban J connectivity index is 2.54. The summed E-state index contributed by atoms with van der Waals surface area (Å²) in [5.41, 5.74) is 0. The largest absolute Gasteiger partial charge is 0.336 e. The van der Waals surface area contributed by atoms with Crippen molar-refractivity contribution < 1.29 is 4.79 Å². The number of hydrogen-bond donors (Lipinski definition) is 0. The number of carbonyl (C=O) groups is 1. The molecule has 0 N–H and O–H groups in total. The fraction of sp³-hybridized carbons (Fsp3) is 0.667. The van der Waals surface area contributed by atoms with Gasteiger partial charge in [0.25, 0.3) is 0 Å². The Bertz CT molecular complexity index is 165. The highest BCUT2D eigenvalue weighted by Crippen LogP contribution is 2.16. The molecular weight excluding hydrogens is 138 g/mol. The van der Waals surface area contributed by atoms with Crippen molar-refractivity contribution in [3.05, 3.63) is 12.7 Å². The van der Waals surface area contributed by atoms with E-state index in [1.807, 2.05) is 4.90 Å². The highest BCUT2D eigenvalue weighted by atomic mass is 16.2. The number of rotatable bonds is 2. The van der Waals surface area contributed by atoms with E-state index in [1.165, 1.54) is 0 Å². The normalized spacial score (nSPS) is 25.4. The Morgan fingerprint density at radius 2 is 2.55 bits per heavy atom. The quantitative estimate of drug-likeness (QED) is 0.551. The van der Waals surface area contributed by atoms with E-state index in [0.29, 0.717) is 12.6 Å². The Hall–Kier alpha value is -0.790. The fourth-order valence-corrected chi connectivity index (χ4v) is 1.51. The van der Waals surface area contributed by atoms with E-state index in [2.05, 4.69) is 13.5 Å². The summed E-state index contributed by atoms with van der Waals surface area (Å²) < 4.78 is 0. The number of piperidine rings is 1. The van der Waals surface area contributed by atoms with Gasteiger partial charge >= 0.3 is 0 Å². The highest BCUT2D eigenvalue weighted by Gasteiger charge is 2.22. The molecule has 1 atom stereocenters. The third-order valence-electron chi connectivity index (χ3n) is 2.19.